The van der Waals surface area contributed by atoms with E-state index in [1.165, 1.54) is 38.1 Å². The van der Waals surface area contributed by atoms with Gasteiger partial charge in [0.2, 0.25) is 0 Å². The van der Waals surface area contributed by atoms with Crippen LogP contribution in [0.1, 0.15) is 25.0 Å². The molecule has 0 N–H and O–H groups in total. The van der Waals surface area contributed by atoms with E-state index >= 15 is 0 Å². The summed E-state index contributed by atoms with van der Waals surface area (Å²) in [5.74, 6) is 3.95. The van der Waals surface area contributed by atoms with Crippen LogP contribution in [0, 0.1) is 11.8 Å². The third-order valence-corrected chi connectivity index (χ3v) is 5.29. The fourth-order valence-electron chi connectivity index (χ4n) is 3.24. The minimum absolute atomic E-state index is 0.0434. The summed E-state index contributed by atoms with van der Waals surface area (Å²) in [5.41, 5.74) is 1.96. The summed E-state index contributed by atoms with van der Waals surface area (Å²) in [4.78, 5) is 48.1. The summed E-state index contributed by atoms with van der Waals surface area (Å²) in [7, 11) is 0. The van der Waals surface area contributed by atoms with Crippen LogP contribution < -0.4 is 18.9 Å². The molecule has 0 unspecified atom stereocenters. The zero-order chi connectivity index (χ0) is 30.8. The second-order valence-corrected chi connectivity index (χ2v) is 8.74. The van der Waals surface area contributed by atoms with Crippen LogP contribution in [-0.2, 0) is 19.2 Å². The minimum atomic E-state index is -0.709. The smallest absolute Gasteiger partial charge is 0.338 e. The van der Waals surface area contributed by atoms with Crippen LogP contribution in [0.5, 0.6) is 23.0 Å². The zero-order valence-corrected chi connectivity index (χ0v) is 23.0. The highest BCUT2D eigenvalue weighted by molar-refractivity contribution is 5.93. The Bertz CT molecular complexity index is 1610. The molecule has 0 bridgehead atoms. The van der Waals surface area contributed by atoms with Gasteiger partial charge in [-0.05, 0) is 67.9 Å². The minimum Gasteiger partial charge on any atom is -0.423 e. The van der Waals surface area contributed by atoms with Crippen LogP contribution in [0.3, 0.4) is 0 Å². The Morgan fingerprint density at radius 2 is 1.02 bits per heavy atom. The van der Waals surface area contributed by atoms with Gasteiger partial charge in [-0.3, -0.25) is 0 Å². The lowest BCUT2D eigenvalue weighted by Crippen LogP contribution is -2.12. The van der Waals surface area contributed by atoms with Gasteiger partial charge in [-0.15, -0.1) is 0 Å². The number of esters is 4. The molecule has 3 aromatic rings. The van der Waals surface area contributed by atoms with Crippen molar-refractivity contribution in [2.45, 2.75) is 13.8 Å². The Morgan fingerprint density at radius 3 is 1.43 bits per heavy atom. The number of ether oxygens (including phenoxy) is 4. The molecule has 0 atom stereocenters. The van der Waals surface area contributed by atoms with Crippen molar-refractivity contribution in [3.8, 4) is 46.0 Å². The maximum absolute atomic E-state index is 12.6. The summed E-state index contributed by atoms with van der Waals surface area (Å²) >= 11 is 0. The van der Waals surface area contributed by atoms with Crippen molar-refractivity contribution in [3.63, 3.8) is 0 Å². The average molecular weight is 563 g/mol. The van der Waals surface area contributed by atoms with E-state index in [2.05, 4.69) is 38.2 Å². The molecule has 0 radical (unpaired) electrons. The van der Waals surface area contributed by atoms with Crippen molar-refractivity contribution in [3.05, 3.63) is 121 Å². The molecule has 8 heteroatoms. The highest BCUT2D eigenvalue weighted by atomic mass is 16.6. The van der Waals surface area contributed by atoms with Crippen LogP contribution in [0.2, 0.25) is 0 Å². The van der Waals surface area contributed by atoms with E-state index in [0.29, 0.717) is 22.4 Å². The molecule has 3 rings (SSSR count). The molecule has 42 heavy (non-hydrogen) atoms. The van der Waals surface area contributed by atoms with Crippen LogP contribution in [0.15, 0.2) is 110 Å². The van der Waals surface area contributed by atoms with Gasteiger partial charge in [0.1, 0.15) is 23.0 Å². The number of rotatable bonds is 9. The van der Waals surface area contributed by atoms with Crippen LogP contribution in [0.25, 0.3) is 11.1 Å². The normalized spacial score (nSPS) is 9.76. The van der Waals surface area contributed by atoms with Gasteiger partial charge < -0.3 is 18.9 Å². The Balaban J connectivity index is 2.13. The Hall–Kier alpha value is -5.94. The first-order chi connectivity index (χ1) is 20.0. The van der Waals surface area contributed by atoms with Crippen molar-refractivity contribution in [1.82, 2.24) is 0 Å². The van der Waals surface area contributed by atoms with Crippen molar-refractivity contribution in [2.24, 2.45) is 0 Å². The van der Waals surface area contributed by atoms with Crippen LogP contribution >= 0.6 is 0 Å². The number of carbonyl (C=O) groups excluding carboxylic acids is 4. The lowest BCUT2D eigenvalue weighted by molar-refractivity contribution is -0.130. The van der Waals surface area contributed by atoms with Crippen LogP contribution in [-0.4, -0.2) is 23.9 Å². The highest BCUT2D eigenvalue weighted by Gasteiger charge is 2.21. The van der Waals surface area contributed by atoms with Gasteiger partial charge in [0, 0.05) is 34.4 Å². The van der Waals surface area contributed by atoms with E-state index < -0.39 is 23.9 Å². The lowest BCUT2D eigenvalue weighted by atomic mass is 10.0. The molecule has 0 aliphatic rings. The van der Waals surface area contributed by atoms with Gasteiger partial charge in [-0.1, -0.05) is 50.3 Å². The first kappa shape index (κ1) is 30.6. The molecule has 0 spiro atoms. The SMILES string of the molecule is C=CC(=O)Oc1ccc(C#Cc2cc(OC(=O)C(=C)C)c(-c3ccc(OC(=O)C=C)cc3)c(OC(=O)C(=C)C)c2)cc1. The fraction of sp³-hybridized carbons (Fsp3) is 0.0588. The average Bonchev–Trinajstić information content (AvgIpc) is 2.97. The molecule has 0 aliphatic heterocycles. The standard InChI is InChI=1S/C34H26O8/c1-7-30(35)39-26-15-11-23(12-16-26)9-10-24-19-28(41-33(37)21(3)4)32(29(20-24)42-34(38)22(5)6)25-13-17-27(18-14-25)40-31(36)8-2/h7-8,11-20H,1-3,5H2,4,6H3. The number of benzene rings is 3. The quantitative estimate of drug-likeness (QED) is 0.137. The second-order valence-electron chi connectivity index (χ2n) is 8.74. The Labute approximate surface area is 243 Å². The molecule has 8 nitrogen and oxygen atoms in total. The largest absolute Gasteiger partial charge is 0.423 e. The molecular formula is C34H26O8. The zero-order valence-electron chi connectivity index (χ0n) is 23.0. The second kappa shape index (κ2) is 13.9. The Morgan fingerprint density at radius 1 is 0.619 bits per heavy atom. The van der Waals surface area contributed by atoms with E-state index in [9.17, 15) is 19.2 Å². The first-order valence-corrected chi connectivity index (χ1v) is 12.3. The molecule has 3 aromatic carbocycles. The van der Waals surface area contributed by atoms with E-state index in [0.717, 1.165) is 12.2 Å². The van der Waals surface area contributed by atoms with E-state index in [-0.39, 0.29) is 34.0 Å². The molecule has 0 fully saturated rings. The third kappa shape index (κ3) is 8.28. The van der Waals surface area contributed by atoms with Crippen molar-refractivity contribution in [2.75, 3.05) is 0 Å². The fourth-order valence-corrected chi connectivity index (χ4v) is 3.24. The predicted molar refractivity (Wildman–Crippen MR) is 157 cm³/mol. The Kier molecular flexibility index (Phi) is 10.1. The van der Waals surface area contributed by atoms with Gasteiger partial charge in [-0.25, -0.2) is 19.2 Å². The molecule has 0 saturated heterocycles. The number of hydrogen-bond donors (Lipinski definition) is 0. The van der Waals surface area contributed by atoms with Crippen molar-refractivity contribution >= 4 is 23.9 Å². The molecular weight excluding hydrogens is 536 g/mol. The first-order valence-electron chi connectivity index (χ1n) is 12.3. The van der Waals surface area contributed by atoms with E-state index in [4.69, 9.17) is 18.9 Å². The topological polar surface area (TPSA) is 105 Å². The van der Waals surface area contributed by atoms with E-state index in [1.807, 2.05) is 0 Å². The van der Waals surface area contributed by atoms with Crippen molar-refractivity contribution in [1.29, 1.82) is 0 Å². The van der Waals surface area contributed by atoms with Crippen molar-refractivity contribution < 1.29 is 38.1 Å². The maximum Gasteiger partial charge on any atom is 0.338 e. The van der Waals surface area contributed by atoms with Gasteiger partial charge in [0.25, 0.3) is 0 Å². The summed E-state index contributed by atoms with van der Waals surface area (Å²) in [5, 5.41) is 0. The number of carbonyl (C=O) groups is 4. The van der Waals surface area contributed by atoms with Gasteiger partial charge in [0.15, 0.2) is 0 Å². The highest BCUT2D eigenvalue weighted by Crippen LogP contribution is 2.41. The summed E-state index contributed by atoms with van der Waals surface area (Å²) in [6.07, 6.45) is 2.09. The van der Waals surface area contributed by atoms with Gasteiger partial charge >= 0.3 is 23.9 Å². The molecule has 0 saturated carbocycles. The molecule has 210 valence electrons. The summed E-state index contributed by atoms with van der Waals surface area (Å²) in [6.45, 7) is 17.0. The van der Waals surface area contributed by atoms with E-state index in [1.54, 1.807) is 36.4 Å². The molecule has 0 amide bonds. The monoisotopic (exact) mass is 562 g/mol. The predicted octanol–water partition coefficient (Wildman–Crippen LogP) is 5.90. The molecule has 0 aliphatic carbocycles. The van der Waals surface area contributed by atoms with Gasteiger partial charge in [0.05, 0.1) is 5.56 Å². The third-order valence-electron chi connectivity index (χ3n) is 5.29. The molecule has 0 aromatic heterocycles. The molecule has 0 heterocycles. The number of hydrogen-bond acceptors (Lipinski definition) is 8. The summed E-state index contributed by atoms with van der Waals surface area (Å²) in [6, 6.07) is 15.7. The summed E-state index contributed by atoms with van der Waals surface area (Å²) < 4.78 is 21.5. The van der Waals surface area contributed by atoms with Crippen LogP contribution in [0.4, 0.5) is 0 Å². The lowest BCUT2D eigenvalue weighted by Gasteiger charge is -2.16. The maximum atomic E-state index is 12.6. The van der Waals surface area contributed by atoms with Gasteiger partial charge in [-0.2, -0.15) is 0 Å².